The predicted octanol–water partition coefficient (Wildman–Crippen LogP) is 4.59. The molecular formula is C27H44O6. The first kappa shape index (κ1) is 27.6. The van der Waals surface area contributed by atoms with Crippen LogP contribution in [0.5, 0.6) is 0 Å². The molecule has 0 saturated heterocycles. The monoisotopic (exact) mass is 464 g/mol. The van der Waals surface area contributed by atoms with Crippen molar-refractivity contribution >= 4 is 11.9 Å². The quantitative estimate of drug-likeness (QED) is 0.383. The number of allylic oxidation sites excluding steroid dienone is 1. The molecular weight excluding hydrogens is 420 g/mol. The van der Waals surface area contributed by atoms with Gasteiger partial charge in [0.1, 0.15) is 6.61 Å². The van der Waals surface area contributed by atoms with Gasteiger partial charge in [-0.15, -0.1) is 0 Å². The Morgan fingerprint density at radius 1 is 1.21 bits per heavy atom. The molecule has 0 radical (unpaired) electrons. The summed E-state index contributed by atoms with van der Waals surface area (Å²) in [5, 5.41) is 21.7. The molecule has 2 aliphatic rings. The van der Waals surface area contributed by atoms with Crippen molar-refractivity contribution in [2.75, 3.05) is 13.2 Å². The number of hydrogen-bond donors (Lipinski definition) is 2. The van der Waals surface area contributed by atoms with E-state index in [9.17, 15) is 19.8 Å². The van der Waals surface area contributed by atoms with Gasteiger partial charge in [0.25, 0.3) is 0 Å². The molecule has 7 atom stereocenters. The fraction of sp³-hybridized carbons (Fsp3) is 0.778. The highest BCUT2D eigenvalue weighted by Gasteiger charge is 2.58. The summed E-state index contributed by atoms with van der Waals surface area (Å²) in [5.41, 5.74) is 1.28. The minimum atomic E-state index is -0.610. The molecule has 0 heterocycles. The van der Waals surface area contributed by atoms with Crippen molar-refractivity contribution in [2.24, 2.45) is 28.6 Å². The highest BCUT2D eigenvalue weighted by Crippen LogP contribution is 2.62. The van der Waals surface area contributed by atoms with Crippen LogP contribution >= 0.6 is 0 Å². The van der Waals surface area contributed by atoms with E-state index in [0.29, 0.717) is 19.3 Å². The summed E-state index contributed by atoms with van der Waals surface area (Å²) in [4.78, 5) is 23.4. The van der Waals surface area contributed by atoms with Crippen molar-refractivity contribution < 1.29 is 29.3 Å². The minimum Gasteiger partial charge on any atom is -0.465 e. The zero-order chi connectivity index (χ0) is 25.0. The third kappa shape index (κ3) is 6.48. The zero-order valence-electron chi connectivity index (χ0n) is 21.4. The lowest BCUT2D eigenvalue weighted by molar-refractivity contribution is -0.167. The van der Waals surface area contributed by atoms with Gasteiger partial charge in [0.2, 0.25) is 0 Å². The van der Waals surface area contributed by atoms with Crippen LogP contribution in [0.2, 0.25) is 0 Å². The molecule has 188 valence electrons. The van der Waals surface area contributed by atoms with Crippen LogP contribution in [0.25, 0.3) is 0 Å². The molecule has 0 aromatic carbocycles. The van der Waals surface area contributed by atoms with Gasteiger partial charge in [-0.3, -0.25) is 9.59 Å². The fourth-order valence-electron chi connectivity index (χ4n) is 6.16. The average molecular weight is 465 g/mol. The van der Waals surface area contributed by atoms with Gasteiger partial charge in [0.05, 0.1) is 24.7 Å². The van der Waals surface area contributed by atoms with Crippen LogP contribution < -0.4 is 0 Å². The maximum Gasteiger partial charge on any atom is 0.308 e. The number of carbonyl (C=O) groups is 2. The second kappa shape index (κ2) is 11.2. The molecule has 2 rings (SSSR count). The van der Waals surface area contributed by atoms with Crippen molar-refractivity contribution in [3.63, 3.8) is 0 Å². The van der Waals surface area contributed by atoms with Crippen molar-refractivity contribution in [2.45, 2.75) is 92.3 Å². The molecule has 7 unspecified atom stereocenters. The summed E-state index contributed by atoms with van der Waals surface area (Å²) in [7, 11) is 0. The summed E-state index contributed by atoms with van der Waals surface area (Å²) in [6, 6.07) is 0. The van der Waals surface area contributed by atoms with Crippen molar-refractivity contribution in [3.05, 3.63) is 23.8 Å². The van der Waals surface area contributed by atoms with E-state index in [1.807, 2.05) is 26.8 Å². The van der Waals surface area contributed by atoms with E-state index < -0.39 is 17.6 Å². The minimum absolute atomic E-state index is 0.0314. The van der Waals surface area contributed by atoms with Gasteiger partial charge in [0.15, 0.2) is 0 Å². The molecule has 2 saturated carbocycles. The van der Waals surface area contributed by atoms with Gasteiger partial charge in [-0.1, -0.05) is 39.8 Å². The summed E-state index contributed by atoms with van der Waals surface area (Å²) in [5.74, 6) is -0.474. The summed E-state index contributed by atoms with van der Waals surface area (Å²) >= 11 is 0. The number of hydrogen-bond acceptors (Lipinski definition) is 6. The molecule has 2 N–H and O–H groups in total. The summed E-state index contributed by atoms with van der Waals surface area (Å²) in [6.45, 7) is 16.3. The van der Waals surface area contributed by atoms with Crippen LogP contribution in [0.4, 0.5) is 0 Å². The highest BCUT2D eigenvalue weighted by atomic mass is 16.5. The molecule has 0 bridgehead atoms. The average Bonchev–Trinajstić information content (AvgIpc) is 2.73. The lowest BCUT2D eigenvalue weighted by atomic mass is 9.45. The van der Waals surface area contributed by atoms with Gasteiger partial charge in [0, 0.05) is 12.3 Å². The highest BCUT2D eigenvalue weighted by molar-refractivity contribution is 5.71. The number of fused-ring (bicyclic) bond motifs is 1. The van der Waals surface area contributed by atoms with E-state index in [-0.39, 0.29) is 48.3 Å². The predicted molar refractivity (Wildman–Crippen MR) is 128 cm³/mol. The Morgan fingerprint density at radius 2 is 1.88 bits per heavy atom. The molecule has 0 amide bonds. The Kier molecular flexibility index (Phi) is 9.34. The second-order valence-corrected chi connectivity index (χ2v) is 11.0. The molecule has 6 nitrogen and oxygen atoms in total. The van der Waals surface area contributed by atoms with Gasteiger partial charge in [-0.2, -0.15) is 0 Å². The summed E-state index contributed by atoms with van der Waals surface area (Å²) < 4.78 is 10.7. The first-order chi connectivity index (χ1) is 15.3. The number of aliphatic hydroxyl groups excluding tert-OH is 2. The van der Waals surface area contributed by atoms with Crippen LogP contribution in [0.1, 0.15) is 80.1 Å². The van der Waals surface area contributed by atoms with E-state index in [4.69, 9.17) is 9.47 Å². The number of carbonyl (C=O) groups excluding carboxylic acids is 2. The van der Waals surface area contributed by atoms with Crippen LogP contribution in [0.15, 0.2) is 23.8 Å². The lowest BCUT2D eigenvalue weighted by Crippen LogP contribution is -2.58. The molecule has 0 aromatic heterocycles. The Morgan fingerprint density at radius 3 is 2.48 bits per heavy atom. The Hall–Kier alpha value is -1.66. The summed E-state index contributed by atoms with van der Waals surface area (Å²) in [6.07, 6.45) is 4.94. The first-order valence-electron chi connectivity index (χ1n) is 12.3. The fourth-order valence-corrected chi connectivity index (χ4v) is 6.16. The second-order valence-electron chi connectivity index (χ2n) is 11.0. The van der Waals surface area contributed by atoms with E-state index in [1.54, 1.807) is 0 Å². The lowest BCUT2D eigenvalue weighted by Gasteiger charge is -2.60. The normalized spacial score (nSPS) is 35.5. The molecule has 33 heavy (non-hydrogen) atoms. The van der Waals surface area contributed by atoms with Gasteiger partial charge < -0.3 is 19.7 Å². The van der Waals surface area contributed by atoms with E-state index in [0.717, 1.165) is 30.4 Å². The van der Waals surface area contributed by atoms with E-state index >= 15 is 0 Å². The first-order valence-corrected chi connectivity index (χ1v) is 12.3. The molecule has 0 spiro atoms. The Labute approximate surface area is 199 Å². The van der Waals surface area contributed by atoms with Crippen molar-refractivity contribution in [1.29, 1.82) is 0 Å². The van der Waals surface area contributed by atoms with Crippen molar-refractivity contribution in [1.82, 2.24) is 0 Å². The largest absolute Gasteiger partial charge is 0.465 e. The number of rotatable bonds is 9. The Bertz CT molecular complexity index is 758. The molecule has 6 heteroatoms. The zero-order valence-corrected chi connectivity index (χ0v) is 21.4. The number of ether oxygens (including phenoxy) is 2. The third-order valence-corrected chi connectivity index (χ3v) is 8.25. The van der Waals surface area contributed by atoms with E-state index in [2.05, 4.69) is 20.4 Å². The molecule has 0 aromatic rings. The molecule has 0 aliphatic heterocycles. The molecule has 2 aliphatic carbocycles. The standard InChI is InChI=1S/C27H44O6/c1-8-18(3)25(31)32-12-11-17(2)9-10-22-19(4)23(30)13-24-26(6,16-33-20(5)28)14-21(29)15-27(22,24)7/h11,18,21-24,29-30H,4,8-10,12-16H2,1-3,5-7H3. The third-order valence-electron chi connectivity index (χ3n) is 8.25. The SMILES string of the molecule is C=C1C(O)CC2C(C)(COC(C)=O)CC(O)CC2(C)C1CCC(C)=CCOC(=O)C(C)CC. The number of esters is 2. The van der Waals surface area contributed by atoms with Gasteiger partial charge in [-0.05, 0) is 74.3 Å². The number of aliphatic hydroxyl groups is 2. The van der Waals surface area contributed by atoms with Crippen LogP contribution in [-0.2, 0) is 19.1 Å². The topological polar surface area (TPSA) is 93.1 Å². The maximum atomic E-state index is 11.9. The maximum absolute atomic E-state index is 11.9. The van der Waals surface area contributed by atoms with Gasteiger partial charge in [-0.25, -0.2) is 0 Å². The van der Waals surface area contributed by atoms with Crippen LogP contribution in [0.3, 0.4) is 0 Å². The van der Waals surface area contributed by atoms with Crippen molar-refractivity contribution in [3.8, 4) is 0 Å². The Balaban J connectivity index is 2.15. The van der Waals surface area contributed by atoms with E-state index in [1.165, 1.54) is 6.92 Å². The van der Waals surface area contributed by atoms with Crippen LogP contribution in [-0.4, -0.2) is 47.6 Å². The smallest absolute Gasteiger partial charge is 0.308 e. The molecule has 2 fully saturated rings. The van der Waals surface area contributed by atoms with Crippen LogP contribution in [0, 0.1) is 28.6 Å². The van der Waals surface area contributed by atoms with Gasteiger partial charge >= 0.3 is 11.9 Å².